The maximum absolute atomic E-state index is 12.7. The van der Waals surface area contributed by atoms with Crippen molar-refractivity contribution in [3.8, 4) is 0 Å². The third-order valence-electron chi connectivity index (χ3n) is 5.03. The van der Waals surface area contributed by atoms with Crippen LogP contribution >= 0.6 is 0 Å². The summed E-state index contributed by atoms with van der Waals surface area (Å²) in [5, 5.41) is 0. The molecule has 0 spiro atoms. The molecule has 30 heavy (non-hydrogen) atoms. The predicted molar refractivity (Wildman–Crippen MR) is 113 cm³/mol. The Hall–Kier alpha value is -3.00. The zero-order chi connectivity index (χ0) is 22.1. The second-order valence-corrected chi connectivity index (χ2v) is 8.98. The van der Waals surface area contributed by atoms with E-state index in [0.717, 1.165) is 16.7 Å². The number of aryl methyl sites for hydroxylation is 3. The van der Waals surface area contributed by atoms with Gasteiger partial charge < -0.3 is 4.74 Å². The highest BCUT2D eigenvalue weighted by atomic mass is 32.2. The number of sulfonamides is 1. The number of carbonyl (C=O) groups is 2. The lowest BCUT2D eigenvalue weighted by Gasteiger charge is -2.15. The number of nitrogens with zero attached hydrogens (tertiary/aromatic N) is 1. The fraction of sp³-hybridized carbons (Fsp3) is 0.318. The molecule has 2 aromatic rings. The molecule has 2 aromatic carbocycles. The monoisotopic (exact) mass is 428 g/mol. The number of Topliss-reactive ketones (excluding diaryl/α,β-unsaturated/α-hetero) is 1. The van der Waals surface area contributed by atoms with Crippen LogP contribution < -0.4 is 4.72 Å². The SMILES string of the molecule is Cc1cc(C)c(C(=O)[C@H](C)OC(=O)CCN=C2NS(=O)(=O)c3ccccc32)cc1C. The maximum atomic E-state index is 12.7. The Labute approximate surface area is 176 Å². The van der Waals surface area contributed by atoms with Crippen LogP contribution in [0.2, 0.25) is 0 Å². The van der Waals surface area contributed by atoms with Crippen LogP contribution in [0.25, 0.3) is 0 Å². The van der Waals surface area contributed by atoms with Gasteiger partial charge in [0.25, 0.3) is 10.0 Å². The summed E-state index contributed by atoms with van der Waals surface area (Å²) in [7, 11) is -3.62. The number of rotatable bonds is 6. The molecule has 0 radical (unpaired) electrons. The van der Waals surface area contributed by atoms with Gasteiger partial charge >= 0.3 is 5.97 Å². The van der Waals surface area contributed by atoms with Crippen LogP contribution in [0.1, 0.15) is 46.0 Å². The molecule has 0 unspecified atom stereocenters. The average Bonchev–Trinajstić information content (AvgIpc) is 2.95. The summed E-state index contributed by atoms with van der Waals surface area (Å²) in [6.07, 6.45) is -0.992. The van der Waals surface area contributed by atoms with Gasteiger partial charge in [0.05, 0.1) is 17.9 Å². The van der Waals surface area contributed by atoms with Crippen LogP contribution in [0.15, 0.2) is 46.3 Å². The minimum atomic E-state index is -3.62. The molecule has 1 aliphatic rings. The first-order valence-corrected chi connectivity index (χ1v) is 11.1. The third kappa shape index (κ3) is 4.43. The van der Waals surface area contributed by atoms with E-state index in [-0.39, 0.29) is 29.5 Å². The van der Waals surface area contributed by atoms with Gasteiger partial charge in [0.2, 0.25) is 5.78 Å². The Morgan fingerprint density at radius 1 is 1.07 bits per heavy atom. The molecule has 0 aliphatic carbocycles. The molecule has 7 nitrogen and oxygen atoms in total. The van der Waals surface area contributed by atoms with Crippen molar-refractivity contribution in [3.63, 3.8) is 0 Å². The quantitative estimate of drug-likeness (QED) is 0.563. The zero-order valence-electron chi connectivity index (χ0n) is 17.4. The molecule has 8 heteroatoms. The molecule has 3 rings (SSSR count). The first kappa shape index (κ1) is 21.7. The van der Waals surface area contributed by atoms with Gasteiger partial charge in [0.15, 0.2) is 6.10 Å². The van der Waals surface area contributed by atoms with Crippen LogP contribution in [0.3, 0.4) is 0 Å². The first-order valence-electron chi connectivity index (χ1n) is 9.58. The molecular formula is C22H24N2O5S. The molecule has 158 valence electrons. The van der Waals surface area contributed by atoms with E-state index in [1.54, 1.807) is 25.1 Å². The van der Waals surface area contributed by atoms with Gasteiger partial charge in [-0.3, -0.25) is 19.3 Å². The van der Waals surface area contributed by atoms with E-state index in [0.29, 0.717) is 11.1 Å². The Kier molecular flexibility index (Phi) is 6.07. The summed E-state index contributed by atoms with van der Waals surface area (Å²) in [6, 6.07) is 10.2. The number of esters is 1. The fourth-order valence-electron chi connectivity index (χ4n) is 3.26. The minimum absolute atomic E-state index is 0.0363. The molecule has 0 saturated carbocycles. The van der Waals surface area contributed by atoms with Gasteiger partial charge in [0, 0.05) is 11.1 Å². The number of amidine groups is 1. The lowest BCUT2D eigenvalue weighted by molar-refractivity contribution is -0.146. The van der Waals surface area contributed by atoms with Crippen LogP contribution in [-0.4, -0.2) is 38.7 Å². The molecule has 0 saturated heterocycles. The molecule has 0 amide bonds. The molecule has 1 heterocycles. The normalized spacial score (nSPS) is 16.6. The van der Waals surface area contributed by atoms with Crippen LogP contribution in [0, 0.1) is 20.8 Å². The van der Waals surface area contributed by atoms with Gasteiger partial charge in [-0.2, -0.15) is 0 Å². The van der Waals surface area contributed by atoms with E-state index >= 15 is 0 Å². The number of aliphatic imine (C=N–C) groups is 1. The largest absolute Gasteiger partial charge is 0.454 e. The molecule has 0 bridgehead atoms. The summed E-state index contributed by atoms with van der Waals surface area (Å²) in [4.78, 5) is 29.2. The number of carbonyl (C=O) groups excluding carboxylic acids is 2. The molecule has 1 N–H and O–H groups in total. The maximum Gasteiger partial charge on any atom is 0.308 e. The predicted octanol–water partition coefficient (Wildman–Crippen LogP) is 2.86. The van der Waals surface area contributed by atoms with E-state index in [9.17, 15) is 18.0 Å². The highest BCUT2D eigenvalue weighted by Gasteiger charge is 2.30. The highest BCUT2D eigenvalue weighted by molar-refractivity contribution is 7.90. The van der Waals surface area contributed by atoms with Gasteiger partial charge in [-0.25, -0.2) is 8.42 Å². The molecule has 0 fully saturated rings. The Bertz CT molecular complexity index is 1150. The zero-order valence-corrected chi connectivity index (χ0v) is 18.2. The van der Waals surface area contributed by atoms with E-state index in [4.69, 9.17) is 4.74 Å². The lowest BCUT2D eigenvalue weighted by Crippen LogP contribution is -2.26. The highest BCUT2D eigenvalue weighted by Crippen LogP contribution is 2.22. The van der Waals surface area contributed by atoms with Crippen LogP contribution in [0.4, 0.5) is 0 Å². The van der Waals surface area contributed by atoms with Crippen molar-refractivity contribution in [2.75, 3.05) is 6.54 Å². The van der Waals surface area contributed by atoms with Crippen molar-refractivity contribution in [1.29, 1.82) is 0 Å². The van der Waals surface area contributed by atoms with Crippen molar-refractivity contribution in [2.45, 2.75) is 45.1 Å². The van der Waals surface area contributed by atoms with Crippen molar-refractivity contribution >= 4 is 27.6 Å². The number of ketones is 1. The Balaban J connectivity index is 1.61. The number of nitrogens with one attached hydrogen (secondary N) is 1. The number of ether oxygens (including phenoxy) is 1. The second-order valence-electron chi connectivity index (χ2n) is 7.33. The standard InChI is InChI=1S/C22H24N2O5S/c1-13-11-15(3)18(12-14(13)2)21(26)16(4)29-20(25)9-10-23-22-17-7-5-6-8-19(17)30(27,28)24-22/h5-8,11-12,16H,9-10H2,1-4H3,(H,23,24)/t16-/m0/s1. The van der Waals surface area contributed by atoms with Gasteiger partial charge in [-0.05, 0) is 62.6 Å². The van der Waals surface area contributed by atoms with Gasteiger partial charge in [-0.15, -0.1) is 0 Å². The van der Waals surface area contributed by atoms with Gasteiger partial charge in [0.1, 0.15) is 5.84 Å². The van der Waals surface area contributed by atoms with E-state index in [1.165, 1.54) is 6.07 Å². The summed E-state index contributed by atoms with van der Waals surface area (Å²) in [5.41, 5.74) is 3.94. The smallest absolute Gasteiger partial charge is 0.308 e. The number of fused-ring (bicyclic) bond motifs is 1. The molecule has 1 aliphatic heterocycles. The Morgan fingerprint density at radius 3 is 2.47 bits per heavy atom. The fourth-order valence-corrected chi connectivity index (χ4v) is 4.52. The Morgan fingerprint density at radius 2 is 1.73 bits per heavy atom. The minimum Gasteiger partial charge on any atom is -0.454 e. The summed E-state index contributed by atoms with van der Waals surface area (Å²) < 4.78 is 31.8. The van der Waals surface area contributed by atoms with Crippen molar-refractivity contribution in [1.82, 2.24) is 4.72 Å². The van der Waals surface area contributed by atoms with Crippen molar-refractivity contribution in [2.24, 2.45) is 4.99 Å². The van der Waals surface area contributed by atoms with Crippen LogP contribution in [-0.2, 0) is 19.6 Å². The summed E-state index contributed by atoms with van der Waals surface area (Å²) in [6.45, 7) is 7.34. The van der Waals surface area contributed by atoms with Crippen molar-refractivity contribution in [3.05, 3.63) is 64.2 Å². The third-order valence-corrected chi connectivity index (χ3v) is 6.43. The average molecular weight is 429 g/mol. The topological polar surface area (TPSA) is 102 Å². The van der Waals surface area contributed by atoms with E-state index in [2.05, 4.69) is 9.71 Å². The molecule has 1 atom stereocenters. The van der Waals surface area contributed by atoms with E-state index in [1.807, 2.05) is 32.9 Å². The van der Waals surface area contributed by atoms with Crippen molar-refractivity contribution < 1.29 is 22.7 Å². The number of hydrogen-bond acceptors (Lipinski definition) is 6. The van der Waals surface area contributed by atoms with Crippen LogP contribution in [0.5, 0.6) is 0 Å². The first-order chi connectivity index (χ1) is 14.1. The summed E-state index contributed by atoms with van der Waals surface area (Å²) in [5.74, 6) is -0.628. The lowest BCUT2D eigenvalue weighted by atomic mass is 9.96. The second kappa shape index (κ2) is 8.39. The molecule has 0 aromatic heterocycles. The van der Waals surface area contributed by atoms with Gasteiger partial charge in [-0.1, -0.05) is 18.2 Å². The number of hydrogen-bond donors (Lipinski definition) is 1. The van der Waals surface area contributed by atoms with E-state index < -0.39 is 22.1 Å². The number of benzene rings is 2. The molecular weight excluding hydrogens is 404 g/mol. The summed E-state index contributed by atoms with van der Waals surface area (Å²) >= 11 is 0.